The van der Waals surface area contributed by atoms with Gasteiger partial charge < -0.3 is 20.1 Å². The Hall–Kier alpha value is -1.55. The Balaban J connectivity index is 0.00000208. The fourth-order valence-corrected chi connectivity index (χ4v) is 2.96. The van der Waals surface area contributed by atoms with Gasteiger partial charge in [0.2, 0.25) is 0 Å². The van der Waals surface area contributed by atoms with Crippen molar-refractivity contribution in [2.24, 2.45) is 4.99 Å². The first-order valence-electron chi connectivity index (χ1n) is 7.49. The highest BCUT2D eigenvalue weighted by Gasteiger charge is 2.20. The monoisotopic (exact) mass is 460 g/mol. The molecule has 2 N–H and O–H groups in total. The fraction of sp³-hybridized carbons (Fsp3) is 0.375. The summed E-state index contributed by atoms with van der Waals surface area (Å²) in [7, 11) is 1.75. The molecule has 0 saturated carbocycles. The van der Waals surface area contributed by atoms with Crippen LogP contribution in [0, 0.1) is 6.92 Å². The Morgan fingerprint density at radius 1 is 1.33 bits per heavy atom. The zero-order valence-corrected chi connectivity index (χ0v) is 16.8. The van der Waals surface area contributed by atoms with E-state index in [-0.39, 0.29) is 30.1 Å². The Morgan fingerprint density at radius 3 is 2.83 bits per heavy atom. The molecule has 130 valence electrons. The number of hydrogen-bond acceptors (Lipinski definition) is 5. The Labute approximate surface area is 162 Å². The maximum Gasteiger partial charge on any atom is 0.191 e. The standard InChI is InChI=1S/C16H20N4O2S.HI/c1-11-7-18-15(23-11)9-20-16(17-2)19-8-12-10-21-13-5-3-4-6-14(13)22-12;/h3-7,12H,8-10H2,1-2H3,(H2,17,19,20);1H. The number of benzene rings is 1. The van der Waals surface area contributed by atoms with Gasteiger partial charge in [0, 0.05) is 18.1 Å². The van der Waals surface area contributed by atoms with Crippen LogP contribution in [0.15, 0.2) is 35.5 Å². The number of nitrogens with one attached hydrogen (secondary N) is 2. The van der Waals surface area contributed by atoms with E-state index in [2.05, 4.69) is 20.6 Å². The van der Waals surface area contributed by atoms with E-state index in [1.807, 2.05) is 37.4 Å². The van der Waals surface area contributed by atoms with E-state index < -0.39 is 0 Å². The molecule has 2 heterocycles. The summed E-state index contributed by atoms with van der Waals surface area (Å²) < 4.78 is 11.6. The molecule has 0 amide bonds. The van der Waals surface area contributed by atoms with E-state index >= 15 is 0 Å². The van der Waals surface area contributed by atoms with Crippen LogP contribution < -0.4 is 20.1 Å². The molecule has 0 spiro atoms. The van der Waals surface area contributed by atoms with Crippen LogP contribution in [0.25, 0.3) is 0 Å². The Kier molecular flexibility index (Phi) is 7.10. The third-order valence-corrected chi connectivity index (χ3v) is 4.28. The molecule has 2 aromatic rings. The molecule has 0 bridgehead atoms. The summed E-state index contributed by atoms with van der Waals surface area (Å²) in [5.74, 6) is 2.30. The second-order valence-electron chi connectivity index (χ2n) is 5.17. The van der Waals surface area contributed by atoms with Gasteiger partial charge in [-0.2, -0.15) is 0 Å². The third-order valence-electron chi connectivity index (χ3n) is 3.36. The van der Waals surface area contributed by atoms with Crippen molar-refractivity contribution in [3.63, 3.8) is 0 Å². The number of thiazole rings is 1. The fourth-order valence-electron chi connectivity index (χ4n) is 2.24. The molecule has 8 heteroatoms. The minimum absolute atomic E-state index is 0. The number of ether oxygens (including phenoxy) is 2. The van der Waals surface area contributed by atoms with Gasteiger partial charge in [-0.15, -0.1) is 35.3 Å². The van der Waals surface area contributed by atoms with E-state index in [0.29, 0.717) is 19.7 Å². The van der Waals surface area contributed by atoms with Crippen LogP contribution in [-0.2, 0) is 6.54 Å². The van der Waals surface area contributed by atoms with Crippen LogP contribution in [-0.4, -0.2) is 37.2 Å². The van der Waals surface area contributed by atoms with Gasteiger partial charge in [0.1, 0.15) is 17.7 Å². The van der Waals surface area contributed by atoms with Crippen molar-refractivity contribution in [3.05, 3.63) is 40.3 Å². The number of aromatic nitrogens is 1. The summed E-state index contributed by atoms with van der Waals surface area (Å²) >= 11 is 1.68. The molecule has 1 aromatic heterocycles. The summed E-state index contributed by atoms with van der Waals surface area (Å²) in [5, 5.41) is 7.54. The topological polar surface area (TPSA) is 67.8 Å². The average Bonchev–Trinajstić information content (AvgIpc) is 3.00. The highest BCUT2D eigenvalue weighted by Crippen LogP contribution is 2.30. The number of aryl methyl sites for hydroxylation is 1. The molecule has 1 aliphatic rings. The van der Waals surface area contributed by atoms with E-state index in [0.717, 1.165) is 22.5 Å². The average molecular weight is 460 g/mol. The first kappa shape index (κ1) is 18.8. The van der Waals surface area contributed by atoms with E-state index in [4.69, 9.17) is 9.47 Å². The lowest BCUT2D eigenvalue weighted by atomic mass is 10.2. The summed E-state index contributed by atoms with van der Waals surface area (Å²) in [6.07, 6.45) is 1.83. The van der Waals surface area contributed by atoms with Crippen molar-refractivity contribution in [1.82, 2.24) is 15.6 Å². The van der Waals surface area contributed by atoms with Crippen LogP contribution in [0.2, 0.25) is 0 Å². The van der Waals surface area contributed by atoms with Crippen LogP contribution in [0.5, 0.6) is 11.5 Å². The molecule has 0 fully saturated rings. The molecule has 1 unspecified atom stereocenters. The zero-order chi connectivity index (χ0) is 16.1. The smallest absolute Gasteiger partial charge is 0.191 e. The maximum absolute atomic E-state index is 5.91. The Bertz CT molecular complexity index is 692. The van der Waals surface area contributed by atoms with Crippen molar-refractivity contribution < 1.29 is 9.47 Å². The molecule has 24 heavy (non-hydrogen) atoms. The molecule has 6 nitrogen and oxygen atoms in total. The lowest BCUT2D eigenvalue weighted by molar-refractivity contribution is 0.0936. The lowest BCUT2D eigenvalue weighted by Crippen LogP contribution is -2.45. The molecule has 0 saturated heterocycles. The van der Waals surface area contributed by atoms with Gasteiger partial charge in [-0.05, 0) is 19.1 Å². The first-order valence-corrected chi connectivity index (χ1v) is 8.30. The van der Waals surface area contributed by atoms with Crippen molar-refractivity contribution in [2.45, 2.75) is 19.6 Å². The molecular formula is C16H21IN4O2S. The number of halogens is 1. The summed E-state index contributed by atoms with van der Waals surface area (Å²) in [4.78, 5) is 9.74. The molecule has 1 aromatic carbocycles. The number of guanidine groups is 1. The second-order valence-corrected chi connectivity index (χ2v) is 6.49. The number of nitrogens with zero attached hydrogens (tertiary/aromatic N) is 2. The first-order chi connectivity index (χ1) is 11.2. The minimum Gasteiger partial charge on any atom is -0.486 e. The highest BCUT2D eigenvalue weighted by molar-refractivity contribution is 14.0. The largest absolute Gasteiger partial charge is 0.486 e. The molecule has 0 aliphatic carbocycles. The van der Waals surface area contributed by atoms with Crippen molar-refractivity contribution in [1.29, 1.82) is 0 Å². The second kappa shape index (κ2) is 9.07. The van der Waals surface area contributed by atoms with Gasteiger partial charge >= 0.3 is 0 Å². The van der Waals surface area contributed by atoms with Crippen LogP contribution in [0.3, 0.4) is 0 Å². The van der Waals surface area contributed by atoms with Crippen molar-refractivity contribution in [3.8, 4) is 11.5 Å². The molecule has 1 atom stereocenters. The number of aliphatic imine (C=N–C) groups is 1. The predicted molar refractivity (Wildman–Crippen MR) is 107 cm³/mol. The SMILES string of the molecule is CN=C(NCc1ncc(C)s1)NCC1COc2ccccc2O1.I. The minimum atomic E-state index is -0.0504. The van der Waals surface area contributed by atoms with Gasteiger partial charge in [-0.25, -0.2) is 4.98 Å². The molecule has 1 aliphatic heterocycles. The van der Waals surface area contributed by atoms with Gasteiger partial charge in [0.25, 0.3) is 0 Å². The van der Waals surface area contributed by atoms with E-state index in [1.54, 1.807) is 18.4 Å². The quantitative estimate of drug-likeness (QED) is 0.417. The van der Waals surface area contributed by atoms with Gasteiger partial charge in [-0.1, -0.05) is 12.1 Å². The van der Waals surface area contributed by atoms with E-state index in [1.165, 1.54) is 4.88 Å². The van der Waals surface area contributed by atoms with Crippen molar-refractivity contribution >= 4 is 41.3 Å². The number of para-hydroxylation sites is 2. The molecule has 3 rings (SSSR count). The number of fused-ring (bicyclic) bond motifs is 1. The highest BCUT2D eigenvalue weighted by atomic mass is 127. The Morgan fingerprint density at radius 2 is 2.12 bits per heavy atom. The van der Waals surface area contributed by atoms with Crippen LogP contribution in [0.4, 0.5) is 0 Å². The normalized spacial score (nSPS) is 16.2. The summed E-state index contributed by atoms with van der Waals surface area (Å²) in [6.45, 7) is 3.84. The lowest BCUT2D eigenvalue weighted by Gasteiger charge is -2.27. The van der Waals surface area contributed by atoms with Gasteiger partial charge in [0.15, 0.2) is 17.5 Å². The number of rotatable bonds is 4. The number of hydrogen-bond donors (Lipinski definition) is 2. The molecular weight excluding hydrogens is 439 g/mol. The van der Waals surface area contributed by atoms with Gasteiger partial charge in [0.05, 0.1) is 13.1 Å². The van der Waals surface area contributed by atoms with Crippen LogP contribution in [0.1, 0.15) is 9.88 Å². The zero-order valence-electron chi connectivity index (χ0n) is 13.6. The van der Waals surface area contributed by atoms with Crippen molar-refractivity contribution in [2.75, 3.05) is 20.2 Å². The van der Waals surface area contributed by atoms with E-state index in [9.17, 15) is 0 Å². The molecule has 0 radical (unpaired) electrons. The maximum atomic E-state index is 5.91. The summed E-state index contributed by atoms with van der Waals surface area (Å²) in [6, 6.07) is 7.70. The van der Waals surface area contributed by atoms with Crippen LogP contribution >= 0.6 is 35.3 Å². The third kappa shape index (κ3) is 4.97. The summed E-state index contributed by atoms with van der Waals surface area (Å²) in [5.41, 5.74) is 0. The predicted octanol–water partition coefficient (Wildman–Crippen LogP) is 2.57. The van der Waals surface area contributed by atoms with Gasteiger partial charge in [-0.3, -0.25) is 4.99 Å².